The molecule has 0 saturated carbocycles. The second kappa shape index (κ2) is 8.42. The molecular formula is C20H18ClN3O3. The molecule has 0 radical (unpaired) electrons. The number of ether oxygens (including phenoxy) is 2. The lowest BCUT2D eigenvalue weighted by atomic mass is 10.2. The van der Waals surface area contributed by atoms with Crippen molar-refractivity contribution in [2.24, 2.45) is 0 Å². The summed E-state index contributed by atoms with van der Waals surface area (Å²) in [6.45, 7) is 0. The van der Waals surface area contributed by atoms with Gasteiger partial charge in [0.15, 0.2) is 0 Å². The maximum absolute atomic E-state index is 12.8. The Morgan fingerprint density at radius 3 is 2.52 bits per heavy atom. The molecule has 3 rings (SSSR count). The Hall–Kier alpha value is -3.25. The average molecular weight is 384 g/mol. The van der Waals surface area contributed by atoms with Crippen LogP contribution in [0.15, 0.2) is 60.8 Å². The summed E-state index contributed by atoms with van der Waals surface area (Å²) in [5, 5.41) is 6.45. The maximum Gasteiger partial charge on any atom is 0.259 e. The molecule has 138 valence electrons. The molecule has 0 atom stereocenters. The number of nitrogens with one attached hydrogen (secondary N) is 2. The molecule has 0 aliphatic heterocycles. The smallest absolute Gasteiger partial charge is 0.259 e. The molecule has 1 amide bonds. The number of hydrogen-bond donors (Lipinski definition) is 2. The molecular weight excluding hydrogens is 366 g/mol. The Kier molecular flexibility index (Phi) is 5.78. The van der Waals surface area contributed by atoms with Crippen LogP contribution in [0.25, 0.3) is 0 Å². The standard InChI is InChI=1S/C20H18ClN3O3/c1-26-15-8-6-14(7-9-15)23-19-16(4-3-11-22-19)20(25)24-17-12-13(21)5-10-18(17)27-2/h3-12H,1-2H3,(H,22,23)(H,24,25). The highest BCUT2D eigenvalue weighted by molar-refractivity contribution is 6.31. The first-order valence-electron chi connectivity index (χ1n) is 8.11. The highest BCUT2D eigenvalue weighted by atomic mass is 35.5. The van der Waals surface area contributed by atoms with Gasteiger partial charge in [0.1, 0.15) is 17.3 Å². The normalized spacial score (nSPS) is 10.2. The van der Waals surface area contributed by atoms with Gasteiger partial charge in [-0.2, -0.15) is 0 Å². The van der Waals surface area contributed by atoms with Crippen LogP contribution in [0.1, 0.15) is 10.4 Å². The van der Waals surface area contributed by atoms with Gasteiger partial charge in [0.2, 0.25) is 0 Å². The van der Waals surface area contributed by atoms with E-state index in [9.17, 15) is 4.79 Å². The van der Waals surface area contributed by atoms with Crippen molar-refractivity contribution in [3.8, 4) is 11.5 Å². The van der Waals surface area contributed by atoms with E-state index in [1.54, 1.807) is 43.6 Å². The van der Waals surface area contributed by atoms with E-state index < -0.39 is 0 Å². The minimum Gasteiger partial charge on any atom is -0.497 e. The second-order valence-electron chi connectivity index (χ2n) is 5.55. The number of rotatable bonds is 6. The molecule has 0 bridgehead atoms. The van der Waals surface area contributed by atoms with Gasteiger partial charge in [-0.15, -0.1) is 0 Å². The number of methoxy groups -OCH3 is 2. The summed E-state index contributed by atoms with van der Waals surface area (Å²) >= 11 is 6.02. The molecule has 2 N–H and O–H groups in total. The van der Waals surface area contributed by atoms with Crippen LogP contribution in [0.2, 0.25) is 5.02 Å². The minimum atomic E-state index is -0.334. The summed E-state index contributed by atoms with van der Waals surface area (Å²) < 4.78 is 10.4. The van der Waals surface area contributed by atoms with E-state index in [0.29, 0.717) is 27.8 Å². The maximum atomic E-state index is 12.8. The monoisotopic (exact) mass is 383 g/mol. The van der Waals surface area contributed by atoms with Crippen LogP contribution in [0, 0.1) is 0 Å². The fourth-order valence-corrected chi connectivity index (χ4v) is 2.64. The Morgan fingerprint density at radius 2 is 1.81 bits per heavy atom. The van der Waals surface area contributed by atoms with Crippen molar-refractivity contribution in [3.05, 3.63) is 71.4 Å². The third-order valence-corrected chi connectivity index (χ3v) is 4.05. The molecule has 1 heterocycles. The average Bonchev–Trinajstić information content (AvgIpc) is 2.69. The van der Waals surface area contributed by atoms with Gasteiger partial charge in [-0.05, 0) is 54.6 Å². The van der Waals surface area contributed by atoms with E-state index in [1.165, 1.54) is 7.11 Å². The van der Waals surface area contributed by atoms with Crippen LogP contribution in [0.3, 0.4) is 0 Å². The molecule has 0 saturated heterocycles. The Morgan fingerprint density at radius 1 is 1.04 bits per heavy atom. The highest BCUT2D eigenvalue weighted by Crippen LogP contribution is 2.29. The van der Waals surface area contributed by atoms with E-state index in [1.807, 2.05) is 24.3 Å². The first-order valence-corrected chi connectivity index (χ1v) is 8.49. The number of amides is 1. The van der Waals surface area contributed by atoms with Crippen LogP contribution < -0.4 is 20.1 Å². The molecule has 2 aromatic carbocycles. The Bertz CT molecular complexity index is 945. The zero-order valence-corrected chi connectivity index (χ0v) is 15.6. The second-order valence-corrected chi connectivity index (χ2v) is 5.99. The summed E-state index contributed by atoms with van der Waals surface area (Å²) in [6.07, 6.45) is 1.61. The van der Waals surface area contributed by atoms with Crippen molar-refractivity contribution < 1.29 is 14.3 Å². The number of aromatic nitrogens is 1. The summed E-state index contributed by atoms with van der Waals surface area (Å²) in [5.41, 5.74) is 1.65. The van der Waals surface area contributed by atoms with Crippen molar-refractivity contribution in [1.29, 1.82) is 0 Å². The van der Waals surface area contributed by atoms with E-state index in [-0.39, 0.29) is 5.91 Å². The number of anilines is 3. The predicted molar refractivity (Wildman–Crippen MR) is 106 cm³/mol. The lowest BCUT2D eigenvalue weighted by Gasteiger charge is -2.13. The summed E-state index contributed by atoms with van der Waals surface area (Å²) in [5.74, 6) is 1.36. The molecule has 1 aromatic heterocycles. The van der Waals surface area contributed by atoms with Gasteiger partial charge < -0.3 is 20.1 Å². The SMILES string of the molecule is COc1ccc(Nc2ncccc2C(=O)Nc2cc(Cl)ccc2OC)cc1. The van der Waals surface area contributed by atoms with Gasteiger partial charge in [-0.3, -0.25) is 4.79 Å². The summed E-state index contributed by atoms with van der Waals surface area (Å²) in [6, 6.07) is 15.7. The van der Waals surface area contributed by atoms with Gasteiger partial charge >= 0.3 is 0 Å². The van der Waals surface area contributed by atoms with E-state index in [0.717, 1.165) is 11.4 Å². The third kappa shape index (κ3) is 4.48. The largest absolute Gasteiger partial charge is 0.497 e. The van der Waals surface area contributed by atoms with Crippen LogP contribution in [0.4, 0.5) is 17.2 Å². The number of carbonyl (C=O) groups excluding carboxylic acids is 1. The third-order valence-electron chi connectivity index (χ3n) is 3.81. The fraction of sp³-hybridized carbons (Fsp3) is 0.100. The van der Waals surface area contributed by atoms with Crippen molar-refractivity contribution in [1.82, 2.24) is 4.98 Å². The number of hydrogen-bond acceptors (Lipinski definition) is 5. The number of nitrogens with zero attached hydrogens (tertiary/aromatic N) is 1. The molecule has 27 heavy (non-hydrogen) atoms. The molecule has 0 aliphatic rings. The van der Waals surface area contributed by atoms with Crippen molar-refractivity contribution in [2.75, 3.05) is 24.9 Å². The molecule has 7 heteroatoms. The topological polar surface area (TPSA) is 72.5 Å². The summed E-state index contributed by atoms with van der Waals surface area (Å²) in [7, 11) is 3.13. The number of halogens is 1. The van der Waals surface area contributed by atoms with Crippen LogP contribution >= 0.6 is 11.6 Å². The molecule has 6 nitrogen and oxygen atoms in total. The Labute approximate surface area is 162 Å². The van der Waals surface area contributed by atoms with Gasteiger partial charge in [0.05, 0.1) is 25.5 Å². The Balaban J connectivity index is 1.84. The van der Waals surface area contributed by atoms with Gasteiger partial charge in [-0.1, -0.05) is 11.6 Å². The zero-order chi connectivity index (χ0) is 19.2. The minimum absolute atomic E-state index is 0.334. The zero-order valence-electron chi connectivity index (χ0n) is 14.8. The van der Waals surface area contributed by atoms with Gasteiger partial charge in [0.25, 0.3) is 5.91 Å². The van der Waals surface area contributed by atoms with Gasteiger partial charge in [-0.25, -0.2) is 4.98 Å². The quantitative estimate of drug-likeness (QED) is 0.642. The molecule has 0 unspecified atom stereocenters. The predicted octanol–water partition coefficient (Wildman–Crippen LogP) is 4.75. The van der Waals surface area contributed by atoms with E-state index in [4.69, 9.17) is 21.1 Å². The van der Waals surface area contributed by atoms with E-state index in [2.05, 4.69) is 15.6 Å². The van der Waals surface area contributed by atoms with Crippen molar-refractivity contribution in [3.63, 3.8) is 0 Å². The van der Waals surface area contributed by atoms with E-state index >= 15 is 0 Å². The number of pyridine rings is 1. The molecule has 0 fully saturated rings. The number of carbonyl (C=O) groups is 1. The first-order chi connectivity index (χ1) is 13.1. The fourth-order valence-electron chi connectivity index (χ4n) is 2.47. The first kappa shape index (κ1) is 18.5. The van der Waals surface area contributed by atoms with Crippen LogP contribution in [-0.4, -0.2) is 25.1 Å². The van der Waals surface area contributed by atoms with Crippen LogP contribution in [0.5, 0.6) is 11.5 Å². The lowest BCUT2D eigenvalue weighted by Crippen LogP contribution is -2.15. The van der Waals surface area contributed by atoms with Crippen molar-refractivity contribution >= 4 is 34.7 Å². The summed E-state index contributed by atoms with van der Waals surface area (Å²) in [4.78, 5) is 17.1. The molecule has 0 spiro atoms. The molecule has 3 aromatic rings. The number of benzene rings is 2. The van der Waals surface area contributed by atoms with Crippen LogP contribution in [-0.2, 0) is 0 Å². The lowest BCUT2D eigenvalue weighted by molar-refractivity contribution is 0.102. The highest BCUT2D eigenvalue weighted by Gasteiger charge is 2.15. The molecule has 0 aliphatic carbocycles. The van der Waals surface area contributed by atoms with Crippen molar-refractivity contribution in [2.45, 2.75) is 0 Å². The van der Waals surface area contributed by atoms with Gasteiger partial charge in [0, 0.05) is 16.9 Å².